The zero-order valence-corrected chi connectivity index (χ0v) is 45.0. The van der Waals surface area contributed by atoms with Gasteiger partial charge < -0.3 is 14.2 Å². The second-order valence-electron chi connectivity index (χ2n) is 18.1. The molecule has 0 bridgehead atoms. The van der Waals surface area contributed by atoms with E-state index in [9.17, 15) is 14.4 Å². The smallest absolute Gasteiger partial charge is 0.306 e. The lowest BCUT2D eigenvalue weighted by molar-refractivity contribution is -0.166. The van der Waals surface area contributed by atoms with Crippen LogP contribution in [0.25, 0.3) is 0 Å². The van der Waals surface area contributed by atoms with Crippen molar-refractivity contribution < 1.29 is 28.6 Å². The summed E-state index contributed by atoms with van der Waals surface area (Å²) in [5.74, 6) is -1.03. The fraction of sp³-hybridized carbons (Fsp3) is 0.609. The Bertz CT molecular complexity index is 1530. The van der Waals surface area contributed by atoms with Gasteiger partial charge in [0.1, 0.15) is 13.2 Å². The van der Waals surface area contributed by atoms with Gasteiger partial charge in [0.25, 0.3) is 0 Å². The first-order chi connectivity index (χ1) is 34.5. The number of esters is 3. The maximum absolute atomic E-state index is 12.9. The van der Waals surface area contributed by atoms with E-state index in [4.69, 9.17) is 14.2 Å². The van der Waals surface area contributed by atoms with Crippen molar-refractivity contribution >= 4 is 17.9 Å². The van der Waals surface area contributed by atoms with Crippen molar-refractivity contribution in [1.82, 2.24) is 0 Å². The van der Waals surface area contributed by atoms with Crippen molar-refractivity contribution in [3.8, 4) is 0 Å². The normalized spacial score (nSPS) is 13.1. The van der Waals surface area contributed by atoms with Gasteiger partial charge in [0.15, 0.2) is 6.10 Å². The van der Waals surface area contributed by atoms with Gasteiger partial charge in [-0.05, 0) is 122 Å². The van der Waals surface area contributed by atoms with Crippen molar-refractivity contribution in [2.75, 3.05) is 13.2 Å². The van der Waals surface area contributed by atoms with Gasteiger partial charge in [0.2, 0.25) is 0 Å². The Balaban J connectivity index is 4.56. The lowest BCUT2D eigenvalue weighted by Crippen LogP contribution is -2.30. The van der Waals surface area contributed by atoms with Crippen LogP contribution in [0.15, 0.2) is 134 Å². The molecule has 1 unspecified atom stereocenters. The highest BCUT2D eigenvalue weighted by Crippen LogP contribution is 2.13. The second-order valence-corrected chi connectivity index (χ2v) is 18.1. The molecule has 0 aromatic carbocycles. The van der Waals surface area contributed by atoms with E-state index in [0.717, 1.165) is 128 Å². The minimum Gasteiger partial charge on any atom is -0.462 e. The molecular weight excluding hydrogens is 865 g/mol. The predicted octanol–water partition coefficient (Wildman–Crippen LogP) is 19.0. The molecule has 0 spiro atoms. The zero-order valence-electron chi connectivity index (χ0n) is 45.0. The van der Waals surface area contributed by atoms with Gasteiger partial charge in [-0.2, -0.15) is 0 Å². The maximum Gasteiger partial charge on any atom is 0.306 e. The molecule has 0 rings (SSSR count). The minimum absolute atomic E-state index is 0.118. The number of hydrogen-bond acceptors (Lipinski definition) is 6. The number of hydrogen-bond donors (Lipinski definition) is 0. The van der Waals surface area contributed by atoms with E-state index in [1.807, 2.05) is 12.2 Å². The summed E-state index contributed by atoms with van der Waals surface area (Å²) in [7, 11) is 0. The number of carbonyl (C=O) groups excluding carboxylic acids is 3. The molecule has 0 N–H and O–H groups in total. The Hall–Kier alpha value is -4.45. The Morgan fingerprint density at radius 3 is 0.957 bits per heavy atom. The highest BCUT2D eigenvalue weighted by atomic mass is 16.6. The summed E-state index contributed by atoms with van der Waals surface area (Å²) in [5.41, 5.74) is 0. The molecular formula is C64H102O6. The molecule has 6 nitrogen and oxygen atoms in total. The highest BCUT2D eigenvalue weighted by molar-refractivity contribution is 5.71. The predicted molar refractivity (Wildman–Crippen MR) is 302 cm³/mol. The van der Waals surface area contributed by atoms with Gasteiger partial charge in [-0.15, -0.1) is 0 Å². The third-order valence-corrected chi connectivity index (χ3v) is 11.4. The molecule has 0 aromatic rings. The third kappa shape index (κ3) is 54.5. The van der Waals surface area contributed by atoms with Crippen molar-refractivity contribution in [1.29, 1.82) is 0 Å². The summed E-state index contributed by atoms with van der Waals surface area (Å²) >= 11 is 0. The van der Waals surface area contributed by atoms with Crippen LogP contribution in [0.3, 0.4) is 0 Å². The van der Waals surface area contributed by atoms with E-state index in [1.54, 1.807) is 0 Å². The summed E-state index contributed by atoms with van der Waals surface area (Å²) in [6, 6.07) is 0. The molecule has 1 atom stereocenters. The molecule has 0 saturated heterocycles. The van der Waals surface area contributed by atoms with Crippen LogP contribution < -0.4 is 0 Å². The van der Waals surface area contributed by atoms with Crippen LogP contribution in [0.2, 0.25) is 0 Å². The molecule has 0 fully saturated rings. The summed E-state index contributed by atoms with van der Waals surface area (Å²) in [5, 5.41) is 0. The largest absolute Gasteiger partial charge is 0.462 e. The van der Waals surface area contributed by atoms with Gasteiger partial charge in [0, 0.05) is 19.3 Å². The zero-order chi connectivity index (χ0) is 50.7. The average Bonchev–Trinajstić information content (AvgIpc) is 3.36. The van der Waals surface area contributed by atoms with E-state index in [2.05, 4.69) is 142 Å². The lowest BCUT2D eigenvalue weighted by atomic mass is 10.1. The fourth-order valence-electron chi connectivity index (χ4n) is 7.22. The maximum atomic E-state index is 12.9. The third-order valence-electron chi connectivity index (χ3n) is 11.4. The molecule has 0 aliphatic heterocycles. The van der Waals surface area contributed by atoms with Gasteiger partial charge in [0.05, 0.1) is 0 Å². The van der Waals surface area contributed by atoms with Gasteiger partial charge in [-0.25, -0.2) is 0 Å². The molecule has 0 saturated carbocycles. The summed E-state index contributed by atoms with van der Waals surface area (Å²) < 4.78 is 16.8. The van der Waals surface area contributed by atoms with E-state index in [0.29, 0.717) is 19.3 Å². The van der Waals surface area contributed by atoms with Crippen LogP contribution in [-0.2, 0) is 28.6 Å². The Kier molecular flexibility index (Phi) is 53.5. The van der Waals surface area contributed by atoms with Crippen LogP contribution in [0.5, 0.6) is 0 Å². The quantitative estimate of drug-likeness (QED) is 0.0262. The van der Waals surface area contributed by atoms with E-state index in [-0.39, 0.29) is 37.5 Å². The average molecular weight is 968 g/mol. The molecule has 394 valence electrons. The summed E-state index contributed by atoms with van der Waals surface area (Å²) in [4.78, 5) is 38.1. The molecule has 0 aromatic heterocycles. The van der Waals surface area contributed by atoms with Crippen molar-refractivity contribution in [3.05, 3.63) is 134 Å². The van der Waals surface area contributed by atoms with Crippen LogP contribution in [0, 0.1) is 0 Å². The van der Waals surface area contributed by atoms with Gasteiger partial charge in [-0.3, -0.25) is 14.4 Å². The van der Waals surface area contributed by atoms with Crippen LogP contribution in [-0.4, -0.2) is 37.2 Å². The monoisotopic (exact) mass is 967 g/mol. The minimum atomic E-state index is -0.826. The number of allylic oxidation sites excluding steroid dienone is 22. The van der Waals surface area contributed by atoms with Crippen LogP contribution in [0.1, 0.15) is 233 Å². The highest BCUT2D eigenvalue weighted by Gasteiger charge is 2.19. The number of ether oxygens (including phenoxy) is 3. The van der Waals surface area contributed by atoms with E-state index in [1.165, 1.54) is 57.8 Å². The summed E-state index contributed by atoms with van der Waals surface area (Å²) in [6.07, 6.45) is 80.2. The molecule has 0 radical (unpaired) electrons. The Labute approximate surface area is 430 Å². The van der Waals surface area contributed by atoms with Crippen molar-refractivity contribution in [2.24, 2.45) is 0 Å². The first kappa shape index (κ1) is 65.5. The van der Waals surface area contributed by atoms with Crippen LogP contribution in [0.4, 0.5) is 0 Å². The standard InChI is InChI=1S/C64H102O6/c1-4-7-10-13-16-19-22-25-28-30-32-34-36-39-42-45-48-51-54-57-63(66)69-60-61(59-68-62(65)56-53-50-47-44-41-38-35-27-24-21-18-15-12-9-6-3)70-64(67)58-55-52-49-46-43-40-37-33-31-29-26-23-20-17-14-11-8-5-2/h7,9-10,12,16,18-21,23,25,27-29,31-32,34-35,39,42,48,51,61H,4-6,8,11,13-15,17,22,24,26,30,33,36-38,40-41,43-47,49-50,52-60H2,1-3H3/b10-7-,12-9-,19-16-,21-18-,23-20-,28-25-,31-29-,34-32-,35-27-,42-39-,51-48-. The number of rotatable bonds is 49. The summed E-state index contributed by atoms with van der Waals surface area (Å²) in [6.45, 7) is 6.30. The number of carbonyl (C=O) groups is 3. The van der Waals surface area contributed by atoms with E-state index >= 15 is 0 Å². The molecule has 0 amide bonds. The topological polar surface area (TPSA) is 78.9 Å². The van der Waals surface area contributed by atoms with Crippen molar-refractivity contribution in [3.63, 3.8) is 0 Å². The lowest BCUT2D eigenvalue weighted by Gasteiger charge is -2.18. The number of unbranched alkanes of at least 4 members (excludes halogenated alkanes) is 16. The SMILES string of the molecule is CC/C=C\C/C=C\C/C=C\C/C=C\C/C=C\C/C=C\CCC(=O)OCC(COC(=O)CCCCCCC/C=C\C/C=C\C/C=C\CC)OC(=O)CCCCCCCCC/C=C\C/C=C\CCCCCC. The molecule has 0 aliphatic rings. The molecule has 0 heterocycles. The second kappa shape index (κ2) is 57.1. The molecule has 6 heteroatoms. The fourth-order valence-corrected chi connectivity index (χ4v) is 7.22. The van der Waals surface area contributed by atoms with Crippen LogP contribution >= 0.6 is 0 Å². The first-order valence-electron chi connectivity index (χ1n) is 28.2. The van der Waals surface area contributed by atoms with E-state index < -0.39 is 6.10 Å². The Morgan fingerprint density at radius 2 is 0.586 bits per heavy atom. The molecule has 0 aliphatic carbocycles. The Morgan fingerprint density at radius 1 is 0.300 bits per heavy atom. The van der Waals surface area contributed by atoms with Gasteiger partial charge in [-0.1, -0.05) is 225 Å². The molecule has 70 heavy (non-hydrogen) atoms. The van der Waals surface area contributed by atoms with Crippen molar-refractivity contribution in [2.45, 2.75) is 239 Å². The van der Waals surface area contributed by atoms with Gasteiger partial charge >= 0.3 is 17.9 Å². The first-order valence-corrected chi connectivity index (χ1v) is 28.2.